The summed E-state index contributed by atoms with van der Waals surface area (Å²) in [5.41, 5.74) is 1.92. The second-order valence-corrected chi connectivity index (χ2v) is 7.59. The van der Waals surface area contributed by atoms with Crippen LogP contribution in [0.25, 0.3) is 0 Å². The SMILES string of the molecule is CCn1c(Cc2ccccc2)nnc1S[C@@H](C)C(=O)Nc1ccc(OC)cc1. The number of anilines is 1. The first-order valence-electron chi connectivity index (χ1n) is 9.18. The Balaban J connectivity index is 1.65. The van der Waals surface area contributed by atoms with Gasteiger partial charge in [-0.3, -0.25) is 4.79 Å². The van der Waals surface area contributed by atoms with Crippen LogP contribution in [0.3, 0.4) is 0 Å². The first kappa shape index (κ1) is 19.9. The standard InChI is InChI=1S/C21H24N4O2S/c1-4-25-19(14-16-8-6-5-7-9-16)23-24-21(25)28-15(2)20(26)22-17-10-12-18(27-3)13-11-17/h5-13,15H,4,14H2,1-3H3,(H,22,26)/t15-/m0/s1. The number of thioether (sulfide) groups is 1. The molecule has 1 aromatic heterocycles. The van der Waals surface area contributed by atoms with Crippen LogP contribution in [0.5, 0.6) is 5.75 Å². The Morgan fingerprint density at radius 1 is 1.14 bits per heavy atom. The lowest BCUT2D eigenvalue weighted by Gasteiger charge is -2.13. The highest BCUT2D eigenvalue weighted by atomic mass is 32.2. The second kappa shape index (κ2) is 9.41. The molecule has 0 saturated heterocycles. The van der Waals surface area contributed by atoms with Crippen LogP contribution in [0, 0.1) is 0 Å². The van der Waals surface area contributed by atoms with Gasteiger partial charge < -0.3 is 14.6 Å². The van der Waals surface area contributed by atoms with Gasteiger partial charge in [-0.05, 0) is 43.7 Å². The Labute approximate surface area is 169 Å². The molecule has 1 atom stereocenters. The van der Waals surface area contributed by atoms with E-state index in [1.54, 1.807) is 7.11 Å². The molecule has 3 aromatic rings. The molecule has 0 bridgehead atoms. The highest BCUT2D eigenvalue weighted by Crippen LogP contribution is 2.25. The second-order valence-electron chi connectivity index (χ2n) is 6.28. The van der Waals surface area contributed by atoms with E-state index >= 15 is 0 Å². The minimum absolute atomic E-state index is 0.0783. The normalized spacial score (nSPS) is 11.8. The molecule has 0 radical (unpaired) electrons. The van der Waals surface area contributed by atoms with Gasteiger partial charge in [0.15, 0.2) is 5.16 Å². The van der Waals surface area contributed by atoms with Gasteiger partial charge in [0.1, 0.15) is 11.6 Å². The number of carbonyl (C=O) groups excluding carboxylic acids is 1. The summed E-state index contributed by atoms with van der Waals surface area (Å²) >= 11 is 1.41. The average molecular weight is 397 g/mol. The fraction of sp³-hybridized carbons (Fsp3) is 0.286. The van der Waals surface area contributed by atoms with Gasteiger partial charge in [-0.2, -0.15) is 0 Å². The molecule has 0 unspecified atom stereocenters. The third kappa shape index (κ3) is 4.92. The molecule has 3 rings (SSSR count). The fourth-order valence-corrected chi connectivity index (χ4v) is 3.69. The molecule has 0 aliphatic carbocycles. The van der Waals surface area contributed by atoms with Crippen molar-refractivity contribution in [2.45, 2.75) is 37.2 Å². The van der Waals surface area contributed by atoms with Gasteiger partial charge >= 0.3 is 0 Å². The number of amides is 1. The molecule has 0 spiro atoms. The zero-order chi connectivity index (χ0) is 19.9. The summed E-state index contributed by atoms with van der Waals surface area (Å²) < 4.78 is 7.20. The molecule has 6 nitrogen and oxygen atoms in total. The van der Waals surface area contributed by atoms with Crippen LogP contribution in [0.15, 0.2) is 59.8 Å². The molecule has 1 amide bonds. The average Bonchev–Trinajstić information content (AvgIpc) is 3.10. The smallest absolute Gasteiger partial charge is 0.237 e. The zero-order valence-electron chi connectivity index (χ0n) is 16.3. The lowest BCUT2D eigenvalue weighted by molar-refractivity contribution is -0.115. The number of carbonyl (C=O) groups is 1. The van der Waals surface area contributed by atoms with Crippen molar-refractivity contribution in [2.75, 3.05) is 12.4 Å². The largest absolute Gasteiger partial charge is 0.497 e. The van der Waals surface area contributed by atoms with Crippen molar-refractivity contribution in [3.63, 3.8) is 0 Å². The zero-order valence-corrected chi connectivity index (χ0v) is 17.1. The molecular weight excluding hydrogens is 372 g/mol. The number of nitrogens with one attached hydrogen (secondary N) is 1. The monoisotopic (exact) mass is 396 g/mol. The minimum Gasteiger partial charge on any atom is -0.497 e. The molecule has 0 aliphatic rings. The highest BCUT2D eigenvalue weighted by Gasteiger charge is 2.20. The number of rotatable bonds is 8. The minimum atomic E-state index is -0.304. The van der Waals surface area contributed by atoms with E-state index in [1.807, 2.05) is 49.4 Å². The highest BCUT2D eigenvalue weighted by molar-refractivity contribution is 8.00. The molecule has 0 aliphatic heterocycles. The lowest BCUT2D eigenvalue weighted by Crippen LogP contribution is -2.23. The van der Waals surface area contributed by atoms with Crippen molar-refractivity contribution in [3.8, 4) is 5.75 Å². The van der Waals surface area contributed by atoms with Crippen LogP contribution < -0.4 is 10.1 Å². The van der Waals surface area contributed by atoms with Crippen molar-refractivity contribution < 1.29 is 9.53 Å². The summed E-state index contributed by atoms with van der Waals surface area (Å²) in [6, 6.07) is 17.5. The number of nitrogens with zero attached hydrogens (tertiary/aromatic N) is 3. The van der Waals surface area contributed by atoms with E-state index < -0.39 is 0 Å². The summed E-state index contributed by atoms with van der Waals surface area (Å²) in [5.74, 6) is 1.58. The number of methoxy groups -OCH3 is 1. The summed E-state index contributed by atoms with van der Waals surface area (Å²) in [5, 5.41) is 12.0. The van der Waals surface area contributed by atoms with Crippen LogP contribution in [-0.4, -0.2) is 33.0 Å². The molecule has 0 fully saturated rings. The van der Waals surface area contributed by atoms with Crippen LogP contribution in [0.1, 0.15) is 25.2 Å². The number of hydrogen-bond acceptors (Lipinski definition) is 5. The van der Waals surface area contributed by atoms with E-state index in [0.29, 0.717) is 6.42 Å². The van der Waals surface area contributed by atoms with Gasteiger partial charge in [-0.1, -0.05) is 42.1 Å². The van der Waals surface area contributed by atoms with E-state index in [0.717, 1.165) is 29.0 Å². The third-order valence-corrected chi connectivity index (χ3v) is 5.40. The molecule has 7 heteroatoms. The van der Waals surface area contributed by atoms with Crippen LogP contribution in [-0.2, 0) is 17.8 Å². The number of hydrogen-bond donors (Lipinski definition) is 1. The van der Waals surface area contributed by atoms with Gasteiger partial charge in [0.25, 0.3) is 0 Å². The maximum absolute atomic E-state index is 12.5. The van der Waals surface area contributed by atoms with Crippen molar-refractivity contribution in [2.24, 2.45) is 0 Å². The number of aromatic nitrogens is 3. The predicted molar refractivity (Wildman–Crippen MR) is 112 cm³/mol. The van der Waals surface area contributed by atoms with E-state index in [-0.39, 0.29) is 11.2 Å². The Morgan fingerprint density at radius 2 is 1.86 bits per heavy atom. The van der Waals surface area contributed by atoms with Gasteiger partial charge in [-0.15, -0.1) is 10.2 Å². The summed E-state index contributed by atoms with van der Waals surface area (Å²) in [6.45, 7) is 4.68. The van der Waals surface area contributed by atoms with Crippen LogP contribution >= 0.6 is 11.8 Å². The Hall–Kier alpha value is -2.80. The summed E-state index contributed by atoms with van der Waals surface area (Å²) in [7, 11) is 1.61. The maximum atomic E-state index is 12.5. The van der Waals surface area contributed by atoms with Gasteiger partial charge in [-0.25, -0.2) is 0 Å². The fourth-order valence-electron chi connectivity index (χ4n) is 2.76. The Kier molecular flexibility index (Phi) is 6.71. The Morgan fingerprint density at radius 3 is 2.50 bits per heavy atom. The van der Waals surface area contributed by atoms with Crippen LogP contribution in [0.2, 0.25) is 0 Å². The first-order chi connectivity index (χ1) is 13.6. The molecular formula is C21H24N4O2S. The predicted octanol–water partition coefficient (Wildman–Crippen LogP) is 4.02. The van der Waals surface area contributed by atoms with E-state index in [4.69, 9.17) is 4.74 Å². The number of ether oxygens (including phenoxy) is 1. The number of benzene rings is 2. The third-order valence-electron chi connectivity index (χ3n) is 4.32. The first-order valence-corrected chi connectivity index (χ1v) is 10.1. The Bertz CT molecular complexity index is 910. The molecule has 0 saturated carbocycles. The van der Waals surface area contributed by atoms with Crippen molar-refractivity contribution >= 4 is 23.4 Å². The van der Waals surface area contributed by atoms with Crippen molar-refractivity contribution in [1.82, 2.24) is 14.8 Å². The molecule has 146 valence electrons. The van der Waals surface area contributed by atoms with Crippen molar-refractivity contribution in [1.29, 1.82) is 0 Å². The summed E-state index contributed by atoms with van der Waals surface area (Å²) in [4.78, 5) is 12.5. The topological polar surface area (TPSA) is 69.0 Å². The molecule has 1 N–H and O–H groups in total. The van der Waals surface area contributed by atoms with E-state index in [2.05, 4.69) is 39.1 Å². The molecule has 28 heavy (non-hydrogen) atoms. The van der Waals surface area contributed by atoms with Crippen molar-refractivity contribution in [3.05, 3.63) is 66.0 Å². The van der Waals surface area contributed by atoms with Crippen LogP contribution in [0.4, 0.5) is 5.69 Å². The lowest BCUT2D eigenvalue weighted by atomic mass is 10.1. The van der Waals surface area contributed by atoms with E-state index in [1.165, 1.54) is 17.3 Å². The summed E-state index contributed by atoms with van der Waals surface area (Å²) in [6.07, 6.45) is 0.717. The van der Waals surface area contributed by atoms with Gasteiger partial charge in [0, 0.05) is 18.7 Å². The van der Waals surface area contributed by atoms with E-state index in [9.17, 15) is 4.79 Å². The van der Waals surface area contributed by atoms with Gasteiger partial charge in [0.05, 0.1) is 12.4 Å². The maximum Gasteiger partial charge on any atom is 0.237 e. The quantitative estimate of drug-likeness (QED) is 0.583. The molecule has 1 heterocycles. The molecule has 2 aromatic carbocycles. The van der Waals surface area contributed by atoms with Gasteiger partial charge in [0.2, 0.25) is 5.91 Å².